The summed E-state index contributed by atoms with van der Waals surface area (Å²) in [6.45, 7) is 6.85. The third-order valence-electron chi connectivity index (χ3n) is 4.78. The highest BCUT2D eigenvalue weighted by atomic mass is 79.9. The number of anilines is 1. The number of likely N-dealkylation sites (tertiary alicyclic amines) is 1. The van der Waals surface area contributed by atoms with Gasteiger partial charge >= 0.3 is 0 Å². The molecule has 0 aliphatic carbocycles. The van der Waals surface area contributed by atoms with E-state index in [4.69, 9.17) is 0 Å². The fourth-order valence-corrected chi connectivity index (χ4v) is 3.65. The molecule has 0 atom stereocenters. The van der Waals surface area contributed by atoms with Crippen LogP contribution >= 0.6 is 15.9 Å². The Morgan fingerprint density at radius 1 is 1.21 bits per heavy atom. The molecular weight excluding hydrogens is 364 g/mol. The Kier molecular flexibility index (Phi) is 6.21. The lowest BCUT2D eigenvalue weighted by atomic mass is 9.93. The summed E-state index contributed by atoms with van der Waals surface area (Å²) in [5, 5.41) is 3.40. The van der Waals surface area contributed by atoms with Gasteiger partial charge in [0.05, 0.1) is 10.2 Å². The summed E-state index contributed by atoms with van der Waals surface area (Å²) < 4.78 is 0.922. The molecule has 5 heteroatoms. The first-order valence-electron chi connectivity index (χ1n) is 8.80. The van der Waals surface area contributed by atoms with Crippen molar-refractivity contribution in [2.24, 2.45) is 5.92 Å². The van der Waals surface area contributed by atoms with Crippen LogP contribution in [0, 0.1) is 5.92 Å². The molecular formula is C19H25BrN4. The third kappa shape index (κ3) is 4.54. The summed E-state index contributed by atoms with van der Waals surface area (Å²) in [7, 11) is 0. The first-order chi connectivity index (χ1) is 11.8. The van der Waals surface area contributed by atoms with Crippen LogP contribution in [0.1, 0.15) is 26.2 Å². The topological polar surface area (TPSA) is 41.0 Å². The molecule has 1 saturated heterocycles. The van der Waals surface area contributed by atoms with Crippen molar-refractivity contribution in [2.75, 3.05) is 31.5 Å². The molecule has 1 aliphatic heterocycles. The molecule has 1 N–H and O–H groups in total. The van der Waals surface area contributed by atoms with Gasteiger partial charge in [-0.05, 0) is 60.7 Å². The number of nitrogens with one attached hydrogen (secondary N) is 1. The van der Waals surface area contributed by atoms with Crippen LogP contribution < -0.4 is 5.32 Å². The summed E-state index contributed by atoms with van der Waals surface area (Å²) in [4.78, 5) is 11.6. The van der Waals surface area contributed by atoms with E-state index in [9.17, 15) is 0 Å². The van der Waals surface area contributed by atoms with Gasteiger partial charge in [0.25, 0.3) is 0 Å². The number of aromatic nitrogens is 2. The van der Waals surface area contributed by atoms with E-state index < -0.39 is 0 Å². The van der Waals surface area contributed by atoms with Crippen LogP contribution in [-0.2, 0) is 0 Å². The molecule has 2 heterocycles. The minimum Gasteiger partial charge on any atom is -0.354 e. The van der Waals surface area contributed by atoms with Crippen LogP contribution in [0.4, 0.5) is 5.95 Å². The molecule has 0 unspecified atom stereocenters. The first-order valence-corrected chi connectivity index (χ1v) is 9.59. The zero-order valence-corrected chi connectivity index (χ0v) is 15.8. The van der Waals surface area contributed by atoms with Gasteiger partial charge in [0.15, 0.2) is 0 Å². The number of nitrogens with zero attached hydrogens (tertiary/aromatic N) is 3. The molecule has 128 valence electrons. The van der Waals surface area contributed by atoms with Crippen molar-refractivity contribution in [3.8, 4) is 11.3 Å². The smallest absolute Gasteiger partial charge is 0.223 e. The van der Waals surface area contributed by atoms with Crippen molar-refractivity contribution in [1.29, 1.82) is 0 Å². The summed E-state index contributed by atoms with van der Waals surface area (Å²) in [5.41, 5.74) is 2.03. The lowest BCUT2D eigenvalue weighted by Crippen LogP contribution is -2.33. The number of halogens is 1. The average molecular weight is 389 g/mol. The van der Waals surface area contributed by atoms with Crippen molar-refractivity contribution in [3.63, 3.8) is 0 Å². The molecule has 0 saturated carbocycles. The molecule has 1 fully saturated rings. The van der Waals surface area contributed by atoms with E-state index in [1.807, 2.05) is 24.4 Å². The minimum absolute atomic E-state index is 0.711. The standard InChI is InChI=1S/C19H25BrN4/c1-2-24-12-9-15(10-13-24)8-11-21-19-22-14-17(20)18(23-19)16-6-4-3-5-7-16/h3-7,14-15H,2,8-13H2,1H3,(H,21,22,23). The van der Waals surface area contributed by atoms with E-state index in [2.05, 4.69) is 55.2 Å². The Morgan fingerprint density at radius 2 is 1.96 bits per heavy atom. The maximum absolute atomic E-state index is 4.67. The van der Waals surface area contributed by atoms with E-state index in [1.54, 1.807) is 0 Å². The SMILES string of the molecule is CCN1CCC(CCNc2ncc(Br)c(-c3ccccc3)n2)CC1. The number of benzene rings is 1. The van der Waals surface area contributed by atoms with Crippen molar-refractivity contribution >= 4 is 21.9 Å². The van der Waals surface area contributed by atoms with Gasteiger partial charge in [0, 0.05) is 18.3 Å². The number of piperidine rings is 1. The van der Waals surface area contributed by atoms with Gasteiger partial charge in [-0.25, -0.2) is 9.97 Å². The van der Waals surface area contributed by atoms with Gasteiger partial charge in [-0.2, -0.15) is 0 Å². The van der Waals surface area contributed by atoms with E-state index in [0.29, 0.717) is 5.95 Å². The molecule has 4 nitrogen and oxygen atoms in total. The van der Waals surface area contributed by atoms with Crippen LogP contribution in [0.5, 0.6) is 0 Å². The van der Waals surface area contributed by atoms with Gasteiger partial charge in [0.2, 0.25) is 5.95 Å². The van der Waals surface area contributed by atoms with Crippen LogP contribution in [0.3, 0.4) is 0 Å². The molecule has 2 aromatic rings. The Morgan fingerprint density at radius 3 is 2.67 bits per heavy atom. The third-order valence-corrected chi connectivity index (χ3v) is 5.36. The number of rotatable bonds is 6. The Labute approximate surface area is 152 Å². The van der Waals surface area contributed by atoms with Crippen LogP contribution in [0.15, 0.2) is 41.0 Å². The van der Waals surface area contributed by atoms with Crippen LogP contribution in [0.25, 0.3) is 11.3 Å². The van der Waals surface area contributed by atoms with E-state index in [1.165, 1.54) is 38.9 Å². The molecule has 1 aromatic heterocycles. The second-order valence-electron chi connectivity index (χ2n) is 6.35. The van der Waals surface area contributed by atoms with Crippen LogP contribution in [-0.4, -0.2) is 41.0 Å². The highest BCUT2D eigenvalue weighted by Crippen LogP contribution is 2.26. The number of hydrogen-bond acceptors (Lipinski definition) is 4. The van der Waals surface area contributed by atoms with Crippen molar-refractivity contribution in [2.45, 2.75) is 26.2 Å². The Balaban J connectivity index is 1.55. The van der Waals surface area contributed by atoms with E-state index >= 15 is 0 Å². The normalized spacial score (nSPS) is 16.2. The van der Waals surface area contributed by atoms with Crippen molar-refractivity contribution < 1.29 is 0 Å². The Hall–Kier alpha value is -1.46. The molecule has 3 rings (SSSR count). The summed E-state index contributed by atoms with van der Waals surface area (Å²) in [6.07, 6.45) is 5.65. The van der Waals surface area contributed by atoms with E-state index in [-0.39, 0.29) is 0 Å². The average Bonchev–Trinajstić information content (AvgIpc) is 2.64. The molecule has 0 spiro atoms. The van der Waals surface area contributed by atoms with E-state index in [0.717, 1.165) is 28.2 Å². The summed E-state index contributed by atoms with van der Waals surface area (Å²) >= 11 is 3.55. The molecule has 1 aliphatic rings. The molecule has 0 radical (unpaired) electrons. The second kappa shape index (κ2) is 8.58. The fraction of sp³-hybridized carbons (Fsp3) is 0.474. The van der Waals surface area contributed by atoms with Crippen molar-refractivity contribution in [1.82, 2.24) is 14.9 Å². The molecule has 1 aromatic carbocycles. The van der Waals surface area contributed by atoms with Gasteiger partial charge in [-0.3, -0.25) is 0 Å². The second-order valence-corrected chi connectivity index (χ2v) is 7.20. The predicted molar refractivity (Wildman–Crippen MR) is 103 cm³/mol. The zero-order valence-electron chi connectivity index (χ0n) is 14.2. The van der Waals surface area contributed by atoms with Gasteiger partial charge in [-0.1, -0.05) is 37.3 Å². The summed E-state index contributed by atoms with van der Waals surface area (Å²) in [6, 6.07) is 10.2. The Bertz CT molecular complexity index is 639. The fourth-order valence-electron chi connectivity index (χ4n) is 3.23. The molecule has 0 amide bonds. The zero-order chi connectivity index (χ0) is 16.8. The highest BCUT2D eigenvalue weighted by Gasteiger charge is 2.17. The van der Waals surface area contributed by atoms with Crippen LogP contribution in [0.2, 0.25) is 0 Å². The maximum Gasteiger partial charge on any atom is 0.223 e. The van der Waals surface area contributed by atoms with Gasteiger partial charge in [0.1, 0.15) is 0 Å². The molecule has 24 heavy (non-hydrogen) atoms. The number of hydrogen-bond donors (Lipinski definition) is 1. The lowest BCUT2D eigenvalue weighted by molar-refractivity contribution is 0.189. The summed E-state index contributed by atoms with van der Waals surface area (Å²) in [5.74, 6) is 1.53. The predicted octanol–water partition coefficient (Wildman–Crippen LogP) is 4.44. The molecule has 0 bridgehead atoms. The van der Waals surface area contributed by atoms with Crippen molar-refractivity contribution in [3.05, 3.63) is 41.0 Å². The maximum atomic E-state index is 4.67. The first kappa shape index (κ1) is 17.4. The lowest BCUT2D eigenvalue weighted by Gasteiger charge is -2.31. The van der Waals surface area contributed by atoms with Gasteiger partial charge in [-0.15, -0.1) is 0 Å². The quantitative estimate of drug-likeness (QED) is 0.793. The monoisotopic (exact) mass is 388 g/mol. The minimum atomic E-state index is 0.711. The highest BCUT2D eigenvalue weighted by molar-refractivity contribution is 9.10. The largest absolute Gasteiger partial charge is 0.354 e. The van der Waals surface area contributed by atoms with Gasteiger partial charge < -0.3 is 10.2 Å².